The van der Waals surface area contributed by atoms with Crippen molar-refractivity contribution in [3.8, 4) is 0 Å². The highest BCUT2D eigenvalue weighted by Gasteiger charge is 2.43. The summed E-state index contributed by atoms with van der Waals surface area (Å²) in [6.45, 7) is 0. The van der Waals surface area contributed by atoms with Crippen LogP contribution in [0.4, 0.5) is 5.69 Å². The second kappa shape index (κ2) is 4.68. The minimum atomic E-state index is -0.433. The predicted octanol–water partition coefficient (Wildman–Crippen LogP) is 0.902. The van der Waals surface area contributed by atoms with Crippen LogP contribution in [0.1, 0.15) is 32.1 Å². The van der Waals surface area contributed by atoms with Crippen LogP contribution in [-0.4, -0.2) is 38.6 Å². The van der Waals surface area contributed by atoms with Crippen molar-refractivity contribution in [2.45, 2.75) is 44.2 Å². The molecule has 1 aromatic heterocycles. The van der Waals surface area contributed by atoms with Gasteiger partial charge in [0.25, 0.3) is 5.91 Å². The number of rotatable bonds is 3. The van der Waals surface area contributed by atoms with E-state index in [1.165, 1.54) is 4.90 Å². The number of anilines is 1. The average Bonchev–Trinajstić information content (AvgIpc) is 3.04. The van der Waals surface area contributed by atoms with Gasteiger partial charge in [-0.05, 0) is 12.8 Å². The molecule has 1 aliphatic carbocycles. The van der Waals surface area contributed by atoms with Crippen LogP contribution in [0.3, 0.4) is 0 Å². The zero-order valence-corrected chi connectivity index (χ0v) is 11.0. The van der Waals surface area contributed by atoms with Gasteiger partial charge in [-0.3, -0.25) is 19.2 Å². The molecule has 0 bridgehead atoms. The van der Waals surface area contributed by atoms with E-state index in [0.29, 0.717) is 0 Å². The molecule has 6 nitrogen and oxygen atoms in total. The van der Waals surface area contributed by atoms with E-state index in [1.54, 1.807) is 17.1 Å². The van der Waals surface area contributed by atoms with E-state index < -0.39 is 6.04 Å². The summed E-state index contributed by atoms with van der Waals surface area (Å²) in [6, 6.07) is -0.307. The Balaban J connectivity index is 1.71. The first-order valence-electron chi connectivity index (χ1n) is 6.76. The summed E-state index contributed by atoms with van der Waals surface area (Å²) in [6.07, 6.45) is 7.86. The van der Waals surface area contributed by atoms with Gasteiger partial charge in [0.05, 0.1) is 18.3 Å². The Kier molecular flexibility index (Phi) is 3.00. The summed E-state index contributed by atoms with van der Waals surface area (Å²) in [5.41, 5.74) is 0.780. The standard InChI is InChI=1S/C13H18N4O2/c1-16-8-9(7-14-16)15-11-6-12(18)17(13(11)19)10-4-2-3-5-10/h7-8,10-11,15H,2-6H2,1H3. The largest absolute Gasteiger partial charge is 0.371 e. The van der Waals surface area contributed by atoms with Crippen molar-refractivity contribution < 1.29 is 9.59 Å². The molecule has 0 radical (unpaired) electrons. The van der Waals surface area contributed by atoms with Gasteiger partial charge in [-0.2, -0.15) is 5.10 Å². The van der Waals surface area contributed by atoms with Crippen LogP contribution >= 0.6 is 0 Å². The molecule has 3 rings (SSSR count). The summed E-state index contributed by atoms with van der Waals surface area (Å²) in [7, 11) is 1.82. The van der Waals surface area contributed by atoms with E-state index >= 15 is 0 Å². The number of aryl methyl sites for hydroxylation is 1. The zero-order valence-electron chi connectivity index (χ0n) is 11.0. The Morgan fingerprint density at radius 3 is 2.68 bits per heavy atom. The van der Waals surface area contributed by atoms with Gasteiger partial charge in [-0.1, -0.05) is 12.8 Å². The highest BCUT2D eigenvalue weighted by molar-refractivity contribution is 6.07. The van der Waals surface area contributed by atoms with Crippen LogP contribution in [0.2, 0.25) is 0 Å². The average molecular weight is 262 g/mol. The number of imide groups is 1. The molecule has 1 aromatic rings. The molecule has 1 saturated carbocycles. The normalized spacial score (nSPS) is 24.5. The predicted molar refractivity (Wildman–Crippen MR) is 69.3 cm³/mol. The molecule has 1 N–H and O–H groups in total. The maximum Gasteiger partial charge on any atom is 0.252 e. The Hall–Kier alpha value is -1.85. The SMILES string of the molecule is Cn1cc(NC2CC(=O)N(C3CCCC3)C2=O)cn1. The number of amides is 2. The third-order valence-corrected chi connectivity index (χ3v) is 3.92. The zero-order chi connectivity index (χ0) is 13.4. The van der Waals surface area contributed by atoms with Gasteiger partial charge in [0.15, 0.2) is 0 Å². The van der Waals surface area contributed by atoms with Crippen LogP contribution in [-0.2, 0) is 16.6 Å². The molecule has 2 fully saturated rings. The van der Waals surface area contributed by atoms with Gasteiger partial charge in [-0.25, -0.2) is 0 Å². The van der Waals surface area contributed by atoms with Crippen molar-refractivity contribution in [3.05, 3.63) is 12.4 Å². The number of nitrogens with one attached hydrogen (secondary N) is 1. The molecular formula is C13H18N4O2. The fraction of sp³-hybridized carbons (Fsp3) is 0.615. The van der Waals surface area contributed by atoms with E-state index in [1.807, 2.05) is 7.05 Å². The van der Waals surface area contributed by atoms with Gasteiger partial charge in [0, 0.05) is 19.3 Å². The van der Waals surface area contributed by atoms with Crippen LogP contribution in [0.25, 0.3) is 0 Å². The van der Waals surface area contributed by atoms with Gasteiger partial charge in [0.1, 0.15) is 6.04 Å². The number of nitrogens with zero attached hydrogens (tertiary/aromatic N) is 3. The van der Waals surface area contributed by atoms with Crippen LogP contribution < -0.4 is 5.32 Å². The molecule has 0 aromatic carbocycles. The van der Waals surface area contributed by atoms with Crippen molar-refractivity contribution >= 4 is 17.5 Å². The molecule has 1 aliphatic heterocycles. The first-order valence-corrected chi connectivity index (χ1v) is 6.76. The molecule has 6 heteroatoms. The monoisotopic (exact) mass is 262 g/mol. The van der Waals surface area contributed by atoms with E-state index in [0.717, 1.165) is 31.4 Å². The van der Waals surface area contributed by atoms with Gasteiger partial charge < -0.3 is 5.32 Å². The van der Waals surface area contributed by atoms with Crippen molar-refractivity contribution in [2.24, 2.45) is 7.05 Å². The second-order valence-electron chi connectivity index (χ2n) is 5.34. The summed E-state index contributed by atoms with van der Waals surface area (Å²) in [4.78, 5) is 25.8. The molecule has 2 amide bonds. The molecule has 0 spiro atoms. The molecule has 1 saturated heterocycles. The Morgan fingerprint density at radius 2 is 2.05 bits per heavy atom. The lowest BCUT2D eigenvalue weighted by Crippen LogP contribution is -2.40. The smallest absolute Gasteiger partial charge is 0.252 e. The van der Waals surface area contributed by atoms with E-state index in [2.05, 4.69) is 10.4 Å². The number of hydrogen-bond acceptors (Lipinski definition) is 4. The number of carbonyl (C=O) groups is 2. The highest BCUT2D eigenvalue weighted by atomic mass is 16.2. The number of carbonyl (C=O) groups excluding carboxylic acids is 2. The molecule has 2 aliphatic rings. The fourth-order valence-electron chi connectivity index (χ4n) is 3.01. The van der Waals surface area contributed by atoms with Crippen molar-refractivity contribution in [1.29, 1.82) is 0 Å². The minimum absolute atomic E-state index is 0.0432. The maximum absolute atomic E-state index is 12.3. The molecular weight excluding hydrogens is 244 g/mol. The number of aromatic nitrogens is 2. The van der Waals surface area contributed by atoms with Gasteiger partial charge in [0.2, 0.25) is 5.91 Å². The summed E-state index contributed by atoms with van der Waals surface area (Å²) >= 11 is 0. The first kappa shape index (κ1) is 12.2. The summed E-state index contributed by atoms with van der Waals surface area (Å²) in [5, 5.41) is 7.14. The lowest BCUT2D eigenvalue weighted by molar-refractivity contribution is -0.141. The fourth-order valence-corrected chi connectivity index (χ4v) is 3.01. The van der Waals surface area contributed by atoms with Crippen LogP contribution in [0.15, 0.2) is 12.4 Å². The molecule has 1 atom stereocenters. The van der Waals surface area contributed by atoms with Crippen molar-refractivity contribution in [2.75, 3.05) is 5.32 Å². The van der Waals surface area contributed by atoms with Gasteiger partial charge in [-0.15, -0.1) is 0 Å². The van der Waals surface area contributed by atoms with Gasteiger partial charge >= 0.3 is 0 Å². The van der Waals surface area contributed by atoms with Crippen molar-refractivity contribution in [1.82, 2.24) is 14.7 Å². The highest BCUT2D eigenvalue weighted by Crippen LogP contribution is 2.29. The Morgan fingerprint density at radius 1 is 1.32 bits per heavy atom. The third-order valence-electron chi connectivity index (χ3n) is 3.92. The van der Waals surface area contributed by atoms with Crippen LogP contribution in [0, 0.1) is 0 Å². The number of hydrogen-bond donors (Lipinski definition) is 1. The topological polar surface area (TPSA) is 67.2 Å². The molecule has 1 unspecified atom stereocenters. The van der Waals surface area contributed by atoms with E-state index in [4.69, 9.17) is 0 Å². The van der Waals surface area contributed by atoms with Crippen LogP contribution in [0.5, 0.6) is 0 Å². The minimum Gasteiger partial charge on any atom is -0.371 e. The Labute approximate surface area is 111 Å². The molecule has 19 heavy (non-hydrogen) atoms. The summed E-state index contributed by atoms with van der Waals surface area (Å²) < 4.78 is 1.67. The second-order valence-corrected chi connectivity index (χ2v) is 5.34. The lowest BCUT2D eigenvalue weighted by Gasteiger charge is -2.22. The molecule has 102 valence electrons. The Bertz CT molecular complexity index is 504. The lowest BCUT2D eigenvalue weighted by atomic mass is 10.2. The number of likely N-dealkylation sites (tertiary alicyclic amines) is 1. The van der Waals surface area contributed by atoms with E-state index in [9.17, 15) is 9.59 Å². The quantitative estimate of drug-likeness (QED) is 0.822. The first-order chi connectivity index (χ1) is 9.15. The summed E-state index contributed by atoms with van der Waals surface area (Å²) in [5.74, 6) is -0.126. The third kappa shape index (κ3) is 2.22. The maximum atomic E-state index is 12.3. The molecule has 2 heterocycles. The van der Waals surface area contributed by atoms with E-state index in [-0.39, 0.29) is 24.3 Å². The van der Waals surface area contributed by atoms with Crippen molar-refractivity contribution in [3.63, 3.8) is 0 Å².